The van der Waals surface area contributed by atoms with Crippen molar-refractivity contribution in [3.05, 3.63) is 59.2 Å². The normalized spacial score (nSPS) is 13.8. The molecule has 3 rings (SSSR count). The standard InChI is InChI=1S/C17H11F2NO3/c18-13-3-1-11(14(19)7-13)5-12(8-21)10-2-4-16-15(6-10)20-17(22)9-23-16/h1-8H,9H2,(H,20,22)/b12-5-. The molecule has 0 saturated heterocycles. The largest absolute Gasteiger partial charge is 0.482 e. The predicted octanol–water partition coefficient (Wildman–Crippen LogP) is 3.04. The zero-order valence-corrected chi connectivity index (χ0v) is 11.8. The lowest BCUT2D eigenvalue weighted by Gasteiger charge is -2.18. The van der Waals surface area contributed by atoms with E-state index in [0.29, 0.717) is 23.3 Å². The van der Waals surface area contributed by atoms with E-state index in [4.69, 9.17) is 4.74 Å². The van der Waals surface area contributed by atoms with E-state index in [2.05, 4.69) is 5.32 Å². The Bertz CT molecular complexity index is 831. The summed E-state index contributed by atoms with van der Waals surface area (Å²) in [5.41, 5.74) is 1.20. The van der Waals surface area contributed by atoms with Gasteiger partial charge in [0.05, 0.1) is 5.69 Å². The molecule has 0 aliphatic carbocycles. The van der Waals surface area contributed by atoms with Gasteiger partial charge in [0.25, 0.3) is 5.91 Å². The van der Waals surface area contributed by atoms with E-state index < -0.39 is 11.6 Å². The highest BCUT2D eigenvalue weighted by Gasteiger charge is 2.17. The monoisotopic (exact) mass is 315 g/mol. The van der Waals surface area contributed by atoms with Crippen LogP contribution in [0.3, 0.4) is 0 Å². The Labute approximate surface area is 130 Å². The molecule has 4 nitrogen and oxygen atoms in total. The van der Waals surface area contributed by atoms with E-state index in [1.165, 1.54) is 12.1 Å². The Morgan fingerprint density at radius 3 is 2.74 bits per heavy atom. The maximum absolute atomic E-state index is 13.7. The molecule has 1 heterocycles. The molecule has 2 aromatic rings. The first-order valence-electron chi connectivity index (χ1n) is 6.76. The van der Waals surface area contributed by atoms with Crippen LogP contribution in [0.4, 0.5) is 14.5 Å². The quantitative estimate of drug-likeness (QED) is 0.538. The summed E-state index contributed by atoms with van der Waals surface area (Å²) >= 11 is 0. The van der Waals surface area contributed by atoms with Gasteiger partial charge in [-0.25, -0.2) is 8.78 Å². The molecule has 0 radical (unpaired) electrons. The zero-order chi connectivity index (χ0) is 16.4. The molecule has 116 valence electrons. The van der Waals surface area contributed by atoms with Crippen LogP contribution in [0, 0.1) is 11.6 Å². The summed E-state index contributed by atoms with van der Waals surface area (Å²) in [6.45, 7) is -0.0660. The minimum absolute atomic E-state index is 0.0660. The highest BCUT2D eigenvalue weighted by Crippen LogP contribution is 2.31. The number of hydrogen-bond donors (Lipinski definition) is 1. The third kappa shape index (κ3) is 3.11. The van der Waals surface area contributed by atoms with Gasteiger partial charge in [-0.1, -0.05) is 6.07 Å². The fraction of sp³-hybridized carbons (Fsp3) is 0.0588. The number of carbonyl (C=O) groups is 2. The molecular formula is C17H11F2NO3. The average molecular weight is 315 g/mol. The molecule has 0 bridgehead atoms. The maximum Gasteiger partial charge on any atom is 0.262 e. The number of hydrogen-bond acceptors (Lipinski definition) is 3. The first-order valence-corrected chi connectivity index (χ1v) is 6.76. The Morgan fingerprint density at radius 2 is 2.00 bits per heavy atom. The van der Waals surface area contributed by atoms with Crippen molar-refractivity contribution < 1.29 is 23.1 Å². The predicted molar refractivity (Wildman–Crippen MR) is 80.9 cm³/mol. The molecule has 2 aromatic carbocycles. The van der Waals surface area contributed by atoms with Gasteiger partial charge in [-0.2, -0.15) is 0 Å². The lowest BCUT2D eigenvalue weighted by Crippen LogP contribution is -2.25. The van der Waals surface area contributed by atoms with Crippen molar-refractivity contribution in [1.82, 2.24) is 0 Å². The fourth-order valence-corrected chi connectivity index (χ4v) is 2.23. The summed E-state index contributed by atoms with van der Waals surface area (Å²) in [6, 6.07) is 7.90. The first kappa shape index (κ1) is 14.9. The molecule has 23 heavy (non-hydrogen) atoms. The number of carbonyl (C=O) groups excluding carboxylic acids is 2. The van der Waals surface area contributed by atoms with Gasteiger partial charge in [-0.15, -0.1) is 0 Å². The van der Waals surface area contributed by atoms with Gasteiger partial charge in [0.15, 0.2) is 12.9 Å². The van der Waals surface area contributed by atoms with Crippen LogP contribution in [0.1, 0.15) is 11.1 Å². The van der Waals surface area contributed by atoms with E-state index >= 15 is 0 Å². The molecule has 1 N–H and O–H groups in total. The molecule has 0 fully saturated rings. The van der Waals surface area contributed by atoms with Crippen LogP contribution in [-0.4, -0.2) is 18.8 Å². The number of amides is 1. The Balaban J connectivity index is 2.01. The van der Waals surface area contributed by atoms with Crippen LogP contribution in [0.5, 0.6) is 5.75 Å². The van der Waals surface area contributed by atoms with Crippen LogP contribution in [0.2, 0.25) is 0 Å². The maximum atomic E-state index is 13.7. The summed E-state index contributed by atoms with van der Waals surface area (Å²) in [5, 5.41) is 2.63. The number of halogens is 2. The van der Waals surface area contributed by atoms with Crippen LogP contribution in [0.15, 0.2) is 36.4 Å². The summed E-state index contributed by atoms with van der Waals surface area (Å²) in [7, 11) is 0. The summed E-state index contributed by atoms with van der Waals surface area (Å²) in [6.07, 6.45) is 1.88. The Hall–Kier alpha value is -3.02. The molecule has 0 saturated carbocycles. The SMILES string of the molecule is O=C/C(=C/c1ccc(F)cc1F)c1ccc2c(c1)NC(=O)CO2. The van der Waals surface area contributed by atoms with E-state index in [0.717, 1.165) is 12.1 Å². The number of ether oxygens (including phenoxy) is 1. The van der Waals surface area contributed by atoms with E-state index in [9.17, 15) is 18.4 Å². The Kier molecular flexibility index (Phi) is 3.89. The number of fused-ring (bicyclic) bond motifs is 1. The summed E-state index contributed by atoms with van der Waals surface area (Å²) < 4.78 is 31.9. The highest BCUT2D eigenvalue weighted by atomic mass is 19.1. The van der Waals surface area contributed by atoms with Crippen molar-refractivity contribution in [3.63, 3.8) is 0 Å². The van der Waals surface area contributed by atoms with E-state index in [1.54, 1.807) is 18.2 Å². The summed E-state index contributed by atoms with van der Waals surface area (Å²) in [4.78, 5) is 22.7. The minimum atomic E-state index is -0.765. The van der Waals surface area contributed by atoms with Crippen LogP contribution < -0.4 is 10.1 Å². The van der Waals surface area contributed by atoms with E-state index in [-0.39, 0.29) is 23.7 Å². The molecule has 1 amide bonds. The summed E-state index contributed by atoms with van der Waals surface area (Å²) in [5.74, 6) is -1.26. The number of anilines is 1. The molecule has 6 heteroatoms. The number of rotatable bonds is 3. The van der Waals surface area contributed by atoms with E-state index in [1.807, 2.05) is 0 Å². The molecule has 0 unspecified atom stereocenters. The number of nitrogens with one attached hydrogen (secondary N) is 1. The van der Waals surface area contributed by atoms with Crippen molar-refractivity contribution in [2.75, 3.05) is 11.9 Å². The second kappa shape index (κ2) is 6.00. The van der Waals surface area contributed by atoms with Crippen molar-refractivity contribution in [2.45, 2.75) is 0 Å². The Morgan fingerprint density at radius 1 is 1.17 bits per heavy atom. The average Bonchev–Trinajstić information content (AvgIpc) is 2.53. The lowest BCUT2D eigenvalue weighted by molar-refractivity contribution is -0.118. The minimum Gasteiger partial charge on any atom is -0.482 e. The van der Waals surface area contributed by atoms with Crippen LogP contribution in [0.25, 0.3) is 11.6 Å². The number of allylic oxidation sites excluding steroid dienone is 1. The fourth-order valence-electron chi connectivity index (χ4n) is 2.23. The van der Waals surface area contributed by atoms with Gasteiger partial charge in [-0.3, -0.25) is 9.59 Å². The van der Waals surface area contributed by atoms with Gasteiger partial charge < -0.3 is 10.1 Å². The second-order valence-electron chi connectivity index (χ2n) is 4.93. The van der Waals surface area contributed by atoms with Gasteiger partial charge >= 0.3 is 0 Å². The topological polar surface area (TPSA) is 55.4 Å². The van der Waals surface area contributed by atoms with Crippen molar-refractivity contribution in [1.29, 1.82) is 0 Å². The van der Waals surface area contributed by atoms with Crippen LogP contribution >= 0.6 is 0 Å². The number of aldehydes is 1. The second-order valence-corrected chi connectivity index (χ2v) is 4.93. The third-order valence-corrected chi connectivity index (χ3v) is 3.35. The highest BCUT2D eigenvalue weighted by molar-refractivity contribution is 6.14. The molecule has 1 aliphatic rings. The zero-order valence-electron chi connectivity index (χ0n) is 11.8. The lowest BCUT2D eigenvalue weighted by atomic mass is 10.0. The van der Waals surface area contributed by atoms with Crippen LogP contribution in [-0.2, 0) is 9.59 Å². The number of benzene rings is 2. The van der Waals surface area contributed by atoms with Gasteiger partial charge in [0.2, 0.25) is 0 Å². The molecular weight excluding hydrogens is 304 g/mol. The molecule has 0 atom stereocenters. The van der Waals surface area contributed by atoms with Crippen molar-refractivity contribution in [2.24, 2.45) is 0 Å². The van der Waals surface area contributed by atoms with Crippen molar-refractivity contribution in [3.8, 4) is 5.75 Å². The van der Waals surface area contributed by atoms with Gasteiger partial charge in [-0.05, 0) is 35.9 Å². The molecule has 1 aliphatic heterocycles. The third-order valence-electron chi connectivity index (χ3n) is 3.35. The van der Waals surface area contributed by atoms with Gasteiger partial charge in [0, 0.05) is 17.2 Å². The molecule has 0 aromatic heterocycles. The van der Waals surface area contributed by atoms with Crippen molar-refractivity contribution >= 4 is 29.5 Å². The first-order chi connectivity index (χ1) is 11.1. The van der Waals surface area contributed by atoms with Gasteiger partial charge in [0.1, 0.15) is 17.4 Å². The smallest absolute Gasteiger partial charge is 0.262 e. The molecule has 0 spiro atoms.